The van der Waals surface area contributed by atoms with Crippen LogP contribution in [0.15, 0.2) is 24.3 Å². The Hall–Kier alpha value is -1.10. The molecule has 1 rings (SSSR count). The number of benzene rings is 1. The van der Waals surface area contributed by atoms with Crippen molar-refractivity contribution in [3.8, 4) is 0 Å². The van der Waals surface area contributed by atoms with Crippen LogP contribution in [0.3, 0.4) is 0 Å². The third-order valence-corrected chi connectivity index (χ3v) is 3.41. The van der Waals surface area contributed by atoms with Crippen LogP contribution < -0.4 is 5.73 Å². The molecule has 5 heteroatoms. The summed E-state index contributed by atoms with van der Waals surface area (Å²) >= 11 is 0. The third kappa shape index (κ3) is 3.69. The van der Waals surface area contributed by atoms with Crippen LogP contribution in [0.4, 0.5) is 17.6 Å². The fourth-order valence-corrected chi connectivity index (χ4v) is 1.82. The van der Waals surface area contributed by atoms with Crippen molar-refractivity contribution < 1.29 is 17.6 Å². The Morgan fingerprint density at radius 1 is 1.05 bits per heavy atom. The van der Waals surface area contributed by atoms with E-state index in [1.807, 2.05) is 0 Å². The lowest BCUT2D eigenvalue weighted by Crippen LogP contribution is -2.47. The number of rotatable bonds is 3. The first-order chi connectivity index (χ1) is 8.49. The highest BCUT2D eigenvalue weighted by atomic mass is 19.4. The van der Waals surface area contributed by atoms with Crippen molar-refractivity contribution in [2.24, 2.45) is 11.1 Å². The van der Waals surface area contributed by atoms with E-state index in [0.717, 1.165) is 12.1 Å². The normalized spacial score (nSPS) is 16.2. The van der Waals surface area contributed by atoms with Crippen molar-refractivity contribution in [2.45, 2.75) is 39.0 Å². The second kappa shape index (κ2) is 5.12. The molecule has 19 heavy (non-hydrogen) atoms. The molecule has 0 radical (unpaired) electrons. The SMILES string of the molecule is CC(C)(C)C(F)(CN)Cc1cccc(C(F)(F)F)c1. The predicted octanol–water partition coefficient (Wildman–Crippen LogP) is 3.96. The lowest BCUT2D eigenvalue weighted by atomic mass is 9.74. The number of alkyl halides is 4. The molecule has 0 fully saturated rings. The van der Waals surface area contributed by atoms with E-state index in [0.29, 0.717) is 5.56 Å². The van der Waals surface area contributed by atoms with Gasteiger partial charge in [-0.3, -0.25) is 0 Å². The topological polar surface area (TPSA) is 26.0 Å². The summed E-state index contributed by atoms with van der Waals surface area (Å²) in [6.45, 7) is 4.83. The van der Waals surface area contributed by atoms with Crippen LogP contribution in [-0.4, -0.2) is 12.2 Å². The van der Waals surface area contributed by atoms with Crippen molar-refractivity contribution in [1.82, 2.24) is 0 Å². The summed E-state index contributed by atoms with van der Waals surface area (Å²) in [5.41, 5.74) is 2.53. The average Bonchev–Trinajstić information content (AvgIpc) is 2.26. The first-order valence-electron chi connectivity index (χ1n) is 6.05. The third-order valence-electron chi connectivity index (χ3n) is 3.41. The quantitative estimate of drug-likeness (QED) is 0.831. The summed E-state index contributed by atoms with van der Waals surface area (Å²) in [5, 5.41) is 0. The Kier molecular flexibility index (Phi) is 4.30. The van der Waals surface area contributed by atoms with Gasteiger partial charge in [0.2, 0.25) is 0 Å². The molecule has 0 aromatic heterocycles. The minimum Gasteiger partial charge on any atom is -0.327 e. The van der Waals surface area contributed by atoms with Gasteiger partial charge in [-0.15, -0.1) is 0 Å². The fraction of sp³-hybridized carbons (Fsp3) is 0.571. The van der Waals surface area contributed by atoms with Crippen molar-refractivity contribution in [3.05, 3.63) is 35.4 Å². The van der Waals surface area contributed by atoms with Crippen LogP contribution in [0.2, 0.25) is 0 Å². The van der Waals surface area contributed by atoms with Crippen LogP contribution in [0, 0.1) is 5.41 Å². The van der Waals surface area contributed by atoms with Gasteiger partial charge in [0.05, 0.1) is 5.56 Å². The molecule has 0 aliphatic carbocycles. The van der Waals surface area contributed by atoms with E-state index in [-0.39, 0.29) is 13.0 Å². The van der Waals surface area contributed by atoms with Crippen LogP contribution in [0.25, 0.3) is 0 Å². The summed E-state index contributed by atoms with van der Waals surface area (Å²) in [7, 11) is 0. The Bertz CT molecular complexity index is 434. The Morgan fingerprint density at radius 3 is 2.05 bits per heavy atom. The Balaban J connectivity index is 3.06. The average molecular weight is 277 g/mol. The van der Waals surface area contributed by atoms with E-state index in [1.54, 1.807) is 20.8 Å². The van der Waals surface area contributed by atoms with Crippen LogP contribution in [0.5, 0.6) is 0 Å². The van der Waals surface area contributed by atoms with E-state index in [1.165, 1.54) is 12.1 Å². The highest BCUT2D eigenvalue weighted by Gasteiger charge is 2.41. The first kappa shape index (κ1) is 16.0. The van der Waals surface area contributed by atoms with Crippen LogP contribution in [-0.2, 0) is 12.6 Å². The molecule has 0 heterocycles. The second-order valence-electron chi connectivity index (χ2n) is 5.79. The molecular formula is C14H19F4N. The number of nitrogens with two attached hydrogens (primary N) is 1. The molecule has 0 spiro atoms. The van der Waals surface area contributed by atoms with E-state index < -0.39 is 22.8 Å². The molecule has 0 aliphatic heterocycles. The van der Waals surface area contributed by atoms with Gasteiger partial charge in [-0.1, -0.05) is 39.0 Å². The highest BCUT2D eigenvalue weighted by molar-refractivity contribution is 5.27. The monoisotopic (exact) mass is 277 g/mol. The van der Waals surface area contributed by atoms with Crippen molar-refractivity contribution in [1.29, 1.82) is 0 Å². The van der Waals surface area contributed by atoms with E-state index in [4.69, 9.17) is 5.73 Å². The first-order valence-corrected chi connectivity index (χ1v) is 6.05. The van der Waals surface area contributed by atoms with Gasteiger partial charge in [0.15, 0.2) is 0 Å². The molecule has 1 atom stereocenters. The zero-order chi connectivity index (χ0) is 14.9. The minimum atomic E-state index is -4.42. The maximum Gasteiger partial charge on any atom is 0.416 e. The Morgan fingerprint density at radius 2 is 1.63 bits per heavy atom. The molecule has 1 aromatic rings. The molecule has 2 N–H and O–H groups in total. The maximum absolute atomic E-state index is 14.7. The van der Waals surface area contributed by atoms with E-state index >= 15 is 0 Å². The highest BCUT2D eigenvalue weighted by Crippen LogP contribution is 2.37. The summed E-state index contributed by atoms with van der Waals surface area (Å²) in [6.07, 6.45) is -4.55. The molecule has 0 bridgehead atoms. The zero-order valence-corrected chi connectivity index (χ0v) is 11.3. The van der Waals surface area contributed by atoms with Crippen molar-refractivity contribution >= 4 is 0 Å². The van der Waals surface area contributed by atoms with Crippen LogP contribution >= 0.6 is 0 Å². The molecule has 1 aromatic carbocycles. The number of hydrogen-bond acceptors (Lipinski definition) is 1. The van der Waals surface area contributed by atoms with Gasteiger partial charge in [-0.25, -0.2) is 4.39 Å². The minimum absolute atomic E-state index is 0.128. The number of halogens is 4. The molecule has 1 nitrogen and oxygen atoms in total. The summed E-state index contributed by atoms with van der Waals surface area (Å²) in [5.74, 6) is 0. The molecule has 0 aliphatic rings. The lowest BCUT2D eigenvalue weighted by Gasteiger charge is -2.37. The second-order valence-corrected chi connectivity index (χ2v) is 5.79. The summed E-state index contributed by atoms with van der Waals surface area (Å²) in [4.78, 5) is 0. The fourth-order valence-electron chi connectivity index (χ4n) is 1.82. The summed E-state index contributed by atoms with van der Waals surface area (Å²) in [6, 6.07) is 4.74. The maximum atomic E-state index is 14.7. The largest absolute Gasteiger partial charge is 0.416 e. The van der Waals surface area contributed by atoms with E-state index in [2.05, 4.69) is 0 Å². The molecule has 1 unspecified atom stereocenters. The Labute approximate surface area is 110 Å². The summed E-state index contributed by atoms with van der Waals surface area (Å²) < 4.78 is 52.5. The van der Waals surface area contributed by atoms with E-state index in [9.17, 15) is 17.6 Å². The van der Waals surface area contributed by atoms with Gasteiger partial charge in [0, 0.05) is 13.0 Å². The van der Waals surface area contributed by atoms with Crippen LogP contribution in [0.1, 0.15) is 31.9 Å². The van der Waals surface area contributed by atoms with Gasteiger partial charge in [-0.2, -0.15) is 13.2 Å². The molecule has 108 valence electrons. The van der Waals surface area contributed by atoms with Gasteiger partial charge in [-0.05, 0) is 17.0 Å². The van der Waals surface area contributed by atoms with Gasteiger partial charge in [0.1, 0.15) is 5.67 Å². The smallest absolute Gasteiger partial charge is 0.327 e. The molecule has 0 saturated carbocycles. The molecule has 0 amide bonds. The van der Waals surface area contributed by atoms with Gasteiger partial charge >= 0.3 is 6.18 Å². The van der Waals surface area contributed by atoms with Crippen molar-refractivity contribution in [2.75, 3.05) is 6.54 Å². The molecular weight excluding hydrogens is 258 g/mol. The number of hydrogen-bond donors (Lipinski definition) is 1. The van der Waals surface area contributed by atoms with Crippen molar-refractivity contribution in [3.63, 3.8) is 0 Å². The standard InChI is InChI=1S/C14H19F4N/c1-12(2,3)13(15,9-19)8-10-5-4-6-11(7-10)14(16,17)18/h4-7H,8-9,19H2,1-3H3. The lowest BCUT2D eigenvalue weighted by molar-refractivity contribution is -0.137. The predicted molar refractivity (Wildman–Crippen MR) is 67.5 cm³/mol. The van der Waals surface area contributed by atoms with Gasteiger partial charge < -0.3 is 5.73 Å². The zero-order valence-electron chi connectivity index (χ0n) is 11.3. The van der Waals surface area contributed by atoms with Gasteiger partial charge in [0.25, 0.3) is 0 Å². The molecule has 0 saturated heterocycles.